The molecule has 18 heavy (non-hydrogen) atoms. The molecule has 0 saturated carbocycles. The summed E-state index contributed by atoms with van der Waals surface area (Å²) in [5.74, 6) is 0.757. The van der Waals surface area contributed by atoms with Crippen molar-refractivity contribution < 1.29 is 9.84 Å². The van der Waals surface area contributed by atoms with Gasteiger partial charge in [-0.15, -0.1) is 11.8 Å². The lowest BCUT2D eigenvalue weighted by Crippen LogP contribution is -1.99. The zero-order valence-electron chi connectivity index (χ0n) is 10.5. The van der Waals surface area contributed by atoms with Gasteiger partial charge < -0.3 is 9.84 Å². The molecular weight excluding hydrogens is 244 g/mol. The third-order valence-electron chi connectivity index (χ3n) is 2.84. The largest absolute Gasteiger partial charge is 0.497 e. The molecule has 1 atom stereocenters. The number of thioether (sulfide) groups is 1. The van der Waals surface area contributed by atoms with Crippen LogP contribution in [0.4, 0.5) is 0 Å². The summed E-state index contributed by atoms with van der Waals surface area (Å²) in [5.41, 5.74) is 1.73. The van der Waals surface area contributed by atoms with E-state index < -0.39 is 6.10 Å². The van der Waals surface area contributed by atoms with Gasteiger partial charge in [0.2, 0.25) is 0 Å². The molecule has 94 valence electrons. The summed E-state index contributed by atoms with van der Waals surface area (Å²) in [6.45, 7) is 0. The Morgan fingerprint density at radius 3 is 2.39 bits per heavy atom. The van der Waals surface area contributed by atoms with E-state index in [1.165, 1.54) is 4.90 Å². The van der Waals surface area contributed by atoms with E-state index in [0.717, 1.165) is 16.9 Å². The van der Waals surface area contributed by atoms with Crippen LogP contribution in [0, 0.1) is 0 Å². The van der Waals surface area contributed by atoms with Crippen LogP contribution in [0.1, 0.15) is 17.2 Å². The van der Waals surface area contributed by atoms with Gasteiger partial charge in [-0.2, -0.15) is 0 Å². The normalized spacial score (nSPS) is 12.2. The number of rotatable bonds is 4. The lowest BCUT2D eigenvalue weighted by molar-refractivity contribution is 0.219. The quantitative estimate of drug-likeness (QED) is 0.853. The van der Waals surface area contributed by atoms with Crippen LogP contribution in [0.2, 0.25) is 0 Å². The third kappa shape index (κ3) is 2.86. The van der Waals surface area contributed by atoms with Crippen LogP contribution in [-0.2, 0) is 0 Å². The van der Waals surface area contributed by atoms with E-state index in [-0.39, 0.29) is 0 Å². The van der Waals surface area contributed by atoms with E-state index >= 15 is 0 Å². The van der Waals surface area contributed by atoms with Gasteiger partial charge in [-0.1, -0.05) is 24.3 Å². The van der Waals surface area contributed by atoms with Crippen molar-refractivity contribution in [2.45, 2.75) is 11.0 Å². The minimum Gasteiger partial charge on any atom is -0.497 e. The molecule has 0 radical (unpaired) electrons. The summed E-state index contributed by atoms with van der Waals surface area (Å²) in [6, 6.07) is 15.4. The van der Waals surface area contributed by atoms with E-state index in [9.17, 15) is 5.11 Å². The molecule has 0 saturated heterocycles. The summed E-state index contributed by atoms with van der Waals surface area (Å²) in [7, 11) is 1.62. The van der Waals surface area contributed by atoms with Gasteiger partial charge in [0.05, 0.1) is 7.11 Å². The van der Waals surface area contributed by atoms with Crippen molar-refractivity contribution in [3.8, 4) is 5.75 Å². The van der Waals surface area contributed by atoms with Gasteiger partial charge >= 0.3 is 0 Å². The Labute approximate surface area is 112 Å². The fourth-order valence-corrected chi connectivity index (χ4v) is 2.20. The fraction of sp³-hybridized carbons (Fsp3) is 0.200. The number of aliphatic hydroxyl groups excluding tert-OH is 1. The van der Waals surface area contributed by atoms with E-state index in [0.29, 0.717) is 0 Å². The van der Waals surface area contributed by atoms with Crippen LogP contribution < -0.4 is 4.74 Å². The summed E-state index contributed by atoms with van der Waals surface area (Å²) in [4.78, 5) is 1.19. The van der Waals surface area contributed by atoms with Crippen molar-refractivity contribution in [3.63, 3.8) is 0 Å². The molecule has 0 amide bonds. The smallest absolute Gasteiger partial charge is 0.119 e. The SMILES string of the molecule is COc1cccc(C(O)c2ccc(SC)cc2)c1. The molecule has 0 aliphatic heterocycles. The number of hydrogen-bond donors (Lipinski definition) is 1. The average Bonchev–Trinajstić information content (AvgIpc) is 2.46. The molecule has 2 nitrogen and oxygen atoms in total. The van der Waals surface area contributed by atoms with Gasteiger partial charge in [-0.3, -0.25) is 0 Å². The van der Waals surface area contributed by atoms with Gasteiger partial charge in [0.1, 0.15) is 11.9 Å². The highest BCUT2D eigenvalue weighted by molar-refractivity contribution is 7.98. The lowest BCUT2D eigenvalue weighted by atomic mass is 10.0. The van der Waals surface area contributed by atoms with E-state index in [4.69, 9.17) is 4.74 Å². The van der Waals surface area contributed by atoms with Crippen molar-refractivity contribution in [3.05, 3.63) is 59.7 Å². The number of ether oxygens (including phenoxy) is 1. The average molecular weight is 260 g/mol. The Kier molecular flexibility index (Phi) is 4.28. The molecule has 2 aromatic carbocycles. The van der Waals surface area contributed by atoms with Crippen LogP contribution in [0.25, 0.3) is 0 Å². The number of aliphatic hydroxyl groups is 1. The molecule has 0 fully saturated rings. The topological polar surface area (TPSA) is 29.5 Å². The molecule has 0 heterocycles. The molecule has 1 unspecified atom stereocenters. The minimum atomic E-state index is -0.615. The van der Waals surface area contributed by atoms with Crippen molar-refractivity contribution in [2.75, 3.05) is 13.4 Å². The second kappa shape index (κ2) is 5.94. The van der Waals surface area contributed by atoms with Gasteiger partial charge in [-0.25, -0.2) is 0 Å². The molecular formula is C15H16O2S. The number of benzene rings is 2. The monoisotopic (exact) mass is 260 g/mol. The number of methoxy groups -OCH3 is 1. The zero-order chi connectivity index (χ0) is 13.0. The van der Waals surface area contributed by atoms with Crippen molar-refractivity contribution >= 4 is 11.8 Å². The fourth-order valence-electron chi connectivity index (χ4n) is 1.79. The van der Waals surface area contributed by atoms with E-state index in [2.05, 4.69) is 0 Å². The second-order valence-electron chi connectivity index (χ2n) is 3.95. The molecule has 3 heteroatoms. The Morgan fingerprint density at radius 2 is 1.78 bits per heavy atom. The standard InChI is InChI=1S/C15H16O2S/c1-17-13-5-3-4-12(10-13)15(16)11-6-8-14(18-2)9-7-11/h3-10,15-16H,1-2H3. The van der Waals surface area contributed by atoms with Gasteiger partial charge in [-0.05, 0) is 41.6 Å². The Morgan fingerprint density at radius 1 is 1.06 bits per heavy atom. The highest BCUT2D eigenvalue weighted by atomic mass is 32.2. The highest BCUT2D eigenvalue weighted by Crippen LogP contribution is 2.26. The van der Waals surface area contributed by atoms with Gasteiger partial charge in [0.15, 0.2) is 0 Å². The van der Waals surface area contributed by atoms with Crippen LogP contribution in [0.5, 0.6) is 5.75 Å². The van der Waals surface area contributed by atoms with Crippen LogP contribution >= 0.6 is 11.8 Å². The zero-order valence-corrected chi connectivity index (χ0v) is 11.3. The molecule has 1 N–H and O–H groups in total. The summed E-state index contributed by atoms with van der Waals surface area (Å²) in [5, 5.41) is 10.3. The third-order valence-corrected chi connectivity index (χ3v) is 3.58. The molecule has 0 bridgehead atoms. The van der Waals surface area contributed by atoms with Crippen molar-refractivity contribution in [1.82, 2.24) is 0 Å². The highest BCUT2D eigenvalue weighted by Gasteiger charge is 2.10. The number of hydrogen-bond acceptors (Lipinski definition) is 3. The van der Waals surface area contributed by atoms with E-state index in [1.54, 1.807) is 18.9 Å². The first-order valence-electron chi connectivity index (χ1n) is 5.70. The summed E-state index contributed by atoms with van der Waals surface area (Å²) in [6.07, 6.45) is 1.42. The Balaban J connectivity index is 2.25. The molecule has 0 aliphatic rings. The predicted molar refractivity (Wildman–Crippen MR) is 75.3 cm³/mol. The predicted octanol–water partition coefficient (Wildman–Crippen LogP) is 3.50. The maximum absolute atomic E-state index is 10.3. The first-order valence-corrected chi connectivity index (χ1v) is 6.93. The van der Waals surface area contributed by atoms with Crippen LogP contribution in [-0.4, -0.2) is 18.5 Å². The van der Waals surface area contributed by atoms with Crippen molar-refractivity contribution in [1.29, 1.82) is 0 Å². The molecule has 2 aromatic rings. The molecule has 2 rings (SSSR count). The first-order chi connectivity index (χ1) is 8.74. The van der Waals surface area contributed by atoms with Gasteiger partial charge in [0, 0.05) is 4.90 Å². The lowest BCUT2D eigenvalue weighted by Gasteiger charge is -2.13. The molecule has 0 spiro atoms. The van der Waals surface area contributed by atoms with Crippen LogP contribution in [0.3, 0.4) is 0 Å². The van der Waals surface area contributed by atoms with Crippen molar-refractivity contribution in [2.24, 2.45) is 0 Å². The van der Waals surface area contributed by atoms with E-state index in [1.807, 2.05) is 54.8 Å². The molecule has 0 aromatic heterocycles. The second-order valence-corrected chi connectivity index (χ2v) is 4.83. The molecule has 0 aliphatic carbocycles. The maximum Gasteiger partial charge on any atom is 0.119 e. The Hall–Kier alpha value is -1.45. The summed E-state index contributed by atoms with van der Waals surface area (Å²) < 4.78 is 5.16. The maximum atomic E-state index is 10.3. The Bertz CT molecular complexity index is 508. The minimum absolute atomic E-state index is 0.615. The summed E-state index contributed by atoms with van der Waals surface area (Å²) >= 11 is 1.69. The first kappa shape index (κ1) is 13.0. The van der Waals surface area contributed by atoms with Gasteiger partial charge in [0.25, 0.3) is 0 Å². The van der Waals surface area contributed by atoms with Crippen LogP contribution in [0.15, 0.2) is 53.4 Å².